The molecule has 2 heterocycles. The number of benzene rings is 1. The van der Waals surface area contributed by atoms with Crippen molar-refractivity contribution in [1.29, 1.82) is 0 Å². The number of rotatable bonds is 9. The Kier molecular flexibility index (Phi) is 11.5. The topological polar surface area (TPSA) is 62.2 Å². The van der Waals surface area contributed by atoms with Crippen LogP contribution in [0.2, 0.25) is 0 Å². The number of para-hydroxylation sites is 1. The van der Waals surface area contributed by atoms with E-state index in [1.807, 2.05) is 25.1 Å². The van der Waals surface area contributed by atoms with E-state index in [4.69, 9.17) is 19.5 Å². The molecule has 1 N–H and O–H groups in total. The van der Waals surface area contributed by atoms with Crippen molar-refractivity contribution in [2.45, 2.75) is 38.8 Å². The van der Waals surface area contributed by atoms with Crippen molar-refractivity contribution in [2.24, 2.45) is 4.99 Å². The second kappa shape index (κ2) is 13.8. The second-order valence-corrected chi connectivity index (χ2v) is 8.12. The molecule has 0 unspecified atom stereocenters. The Bertz CT molecular complexity index is 853. The van der Waals surface area contributed by atoms with Gasteiger partial charge in [-0.3, -0.25) is 0 Å². The molecular formula is C24H38IN5O2. The average molecular weight is 556 g/mol. The van der Waals surface area contributed by atoms with E-state index in [1.54, 1.807) is 7.11 Å². The van der Waals surface area contributed by atoms with Crippen LogP contribution in [0.4, 0.5) is 5.82 Å². The minimum Gasteiger partial charge on any atom is -0.385 e. The predicted octanol–water partition coefficient (Wildman–Crippen LogP) is 3.90. The number of hydrogen-bond donors (Lipinski definition) is 1. The smallest absolute Gasteiger partial charge is 0.194 e. The van der Waals surface area contributed by atoms with Gasteiger partial charge in [0.1, 0.15) is 5.82 Å². The highest BCUT2D eigenvalue weighted by molar-refractivity contribution is 14.0. The number of ether oxygens (including phenoxy) is 2. The Labute approximate surface area is 209 Å². The number of methoxy groups -OCH3 is 1. The van der Waals surface area contributed by atoms with Crippen LogP contribution in [-0.4, -0.2) is 76.0 Å². The molecule has 0 aliphatic carbocycles. The maximum atomic E-state index is 6.01. The molecule has 1 aliphatic rings. The number of piperidine rings is 1. The molecule has 0 radical (unpaired) electrons. The molecular weight excluding hydrogens is 517 g/mol. The van der Waals surface area contributed by atoms with Gasteiger partial charge >= 0.3 is 0 Å². The van der Waals surface area contributed by atoms with Gasteiger partial charge in [0.2, 0.25) is 0 Å². The normalized spacial score (nSPS) is 15.0. The highest BCUT2D eigenvalue weighted by Gasteiger charge is 2.22. The summed E-state index contributed by atoms with van der Waals surface area (Å²) in [6, 6.07) is 10.4. The largest absolute Gasteiger partial charge is 0.385 e. The molecule has 7 nitrogen and oxygen atoms in total. The van der Waals surface area contributed by atoms with Crippen molar-refractivity contribution in [3.05, 3.63) is 35.9 Å². The Morgan fingerprint density at radius 1 is 1.22 bits per heavy atom. The van der Waals surface area contributed by atoms with Crippen LogP contribution in [0.1, 0.15) is 31.7 Å². The number of guanidine groups is 1. The van der Waals surface area contributed by atoms with Crippen LogP contribution < -0.4 is 10.2 Å². The molecule has 1 aliphatic heterocycles. The van der Waals surface area contributed by atoms with E-state index in [-0.39, 0.29) is 24.0 Å². The maximum Gasteiger partial charge on any atom is 0.194 e. The number of aromatic nitrogens is 1. The van der Waals surface area contributed by atoms with Gasteiger partial charge in [-0.2, -0.15) is 0 Å². The Hall–Kier alpha value is -1.65. The van der Waals surface area contributed by atoms with Crippen LogP contribution in [0.15, 0.2) is 35.3 Å². The summed E-state index contributed by atoms with van der Waals surface area (Å²) in [6.07, 6.45) is 3.35. The summed E-state index contributed by atoms with van der Waals surface area (Å²) >= 11 is 0. The third-order valence-corrected chi connectivity index (χ3v) is 5.57. The van der Waals surface area contributed by atoms with Gasteiger partial charge in [0, 0.05) is 59.4 Å². The number of hydrogen-bond acceptors (Lipinski definition) is 5. The Balaban J connectivity index is 0.00000363. The van der Waals surface area contributed by atoms with E-state index in [0.29, 0.717) is 12.6 Å². The zero-order valence-corrected chi connectivity index (χ0v) is 22.2. The first-order valence-corrected chi connectivity index (χ1v) is 11.3. The zero-order valence-electron chi connectivity index (χ0n) is 19.8. The van der Waals surface area contributed by atoms with Crippen LogP contribution in [0.3, 0.4) is 0 Å². The summed E-state index contributed by atoms with van der Waals surface area (Å²) in [5.41, 5.74) is 2.21. The van der Waals surface area contributed by atoms with Crippen LogP contribution in [0.5, 0.6) is 0 Å². The molecule has 1 saturated heterocycles. The molecule has 0 amide bonds. The quantitative estimate of drug-likeness (QED) is 0.219. The molecule has 178 valence electrons. The van der Waals surface area contributed by atoms with E-state index in [2.05, 4.69) is 41.4 Å². The third kappa shape index (κ3) is 7.45. The summed E-state index contributed by atoms with van der Waals surface area (Å²) < 4.78 is 11.1. The highest BCUT2D eigenvalue weighted by atomic mass is 127. The van der Waals surface area contributed by atoms with Crippen molar-refractivity contribution < 1.29 is 9.47 Å². The first-order chi connectivity index (χ1) is 15.1. The molecule has 2 aromatic rings. The zero-order chi connectivity index (χ0) is 22.1. The SMILES string of the molecule is CCNC(=NCc1cc(N(C)C)nc2ccccc12)N1CCC(OCCCOC)CC1.I. The molecule has 1 aromatic heterocycles. The minimum atomic E-state index is 0. The first-order valence-electron chi connectivity index (χ1n) is 11.3. The highest BCUT2D eigenvalue weighted by Crippen LogP contribution is 2.23. The molecule has 8 heteroatoms. The number of nitrogens with one attached hydrogen (secondary N) is 1. The number of likely N-dealkylation sites (tertiary alicyclic amines) is 1. The number of fused-ring (bicyclic) bond motifs is 1. The number of nitrogens with zero attached hydrogens (tertiary/aromatic N) is 4. The molecule has 0 saturated carbocycles. The van der Waals surface area contributed by atoms with E-state index in [9.17, 15) is 0 Å². The van der Waals surface area contributed by atoms with Gasteiger partial charge in [-0.05, 0) is 43.9 Å². The molecule has 1 aromatic carbocycles. The molecule has 3 rings (SSSR count). The summed E-state index contributed by atoms with van der Waals surface area (Å²) in [7, 11) is 5.78. The molecule has 1 fully saturated rings. The number of anilines is 1. The van der Waals surface area contributed by atoms with Gasteiger partial charge in [-0.1, -0.05) is 18.2 Å². The van der Waals surface area contributed by atoms with Crippen molar-refractivity contribution in [1.82, 2.24) is 15.2 Å². The number of pyridine rings is 1. The van der Waals surface area contributed by atoms with E-state index >= 15 is 0 Å². The lowest BCUT2D eigenvalue weighted by molar-refractivity contribution is 0.00990. The summed E-state index contributed by atoms with van der Waals surface area (Å²) in [6.45, 7) is 7.05. The Morgan fingerprint density at radius 2 is 1.97 bits per heavy atom. The van der Waals surface area contributed by atoms with Crippen molar-refractivity contribution in [2.75, 3.05) is 59.0 Å². The van der Waals surface area contributed by atoms with Crippen LogP contribution >= 0.6 is 24.0 Å². The van der Waals surface area contributed by atoms with Gasteiger partial charge in [0.05, 0.1) is 18.2 Å². The van der Waals surface area contributed by atoms with Crippen LogP contribution in [0.25, 0.3) is 10.9 Å². The van der Waals surface area contributed by atoms with Crippen molar-refractivity contribution >= 4 is 46.7 Å². The lowest BCUT2D eigenvalue weighted by Crippen LogP contribution is -2.47. The monoisotopic (exact) mass is 555 g/mol. The number of halogens is 1. The first kappa shape index (κ1) is 26.6. The molecule has 32 heavy (non-hydrogen) atoms. The van der Waals surface area contributed by atoms with Crippen molar-refractivity contribution in [3.63, 3.8) is 0 Å². The fourth-order valence-electron chi connectivity index (χ4n) is 3.87. The predicted molar refractivity (Wildman–Crippen MR) is 143 cm³/mol. The summed E-state index contributed by atoms with van der Waals surface area (Å²) in [4.78, 5) is 14.2. The molecule has 0 spiro atoms. The minimum absolute atomic E-state index is 0. The third-order valence-electron chi connectivity index (χ3n) is 5.57. The van der Waals surface area contributed by atoms with Gasteiger partial charge in [-0.25, -0.2) is 9.98 Å². The van der Waals surface area contributed by atoms with E-state index in [0.717, 1.165) is 74.8 Å². The van der Waals surface area contributed by atoms with Gasteiger partial charge in [-0.15, -0.1) is 24.0 Å². The lowest BCUT2D eigenvalue weighted by Gasteiger charge is -2.34. The standard InChI is InChI=1S/C24H37N5O2.HI/c1-5-25-24(29-13-11-20(12-14-29)31-16-8-15-30-4)26-18-19-17-23(28(2)3)27-22-10-7-6-9-21(19)22;/h6-7,9-10,17,20H,5,8,11-16,18H2,1-4H3,(H,25,26);1H. The second-order valence-electron chi connectivity index (χ2n) is 8.12. The fraction of sp³-hybridized carbons (Fsp3) is 0.583. The maximum absolute atomic E-state index is 6.01. The molecule has 0 atom stereocenters. The van der Waals surface area contributed by atoms with Gasteiger partial charge in [0.15, 0.2) is 5.96 Å². The van der Waals surface area contributed by atoms with E-state index in [1.165, 1.54) is 5.56 Å². The van der Waals surface area contributed by atoms with E-state index < -0.39 is 0 Å². The van der Waals surface area contributed by atoms with Gasteiger partial charge < -0.3 is 24.6 Å². The van der Waals surface area contributed by atoms with Crippen molar-refractivity contribution in [3.8, 4) is 0 Å². The van der Waals surface area contributed by atoms with Gasteiger partial charge in [0.25, 0.3) is 0 Å². The lowest BCUT2D eigenvalue weighted by atomic mass is 10.1. The Morgan fingerprint density at radius 3 is 2.66 bits per heavy atom. The number of aliphatic imine (C=N–C) groups is 1. The summed E-state index contributed by atoms with van der Waals surface area (Å²) in [5.74, 6) is 1.94. The van der Waals surface area contributed by atoms with Crippen LogP contribution in [-0.2, 0) is 16.0 Å². The average Bonchev–Trinajstić information content (AvgIpc) is 2.79. The fourth-order valence-corrected chi connectivity index (χ4v) is 3.87. The summed E-state index contributed by atoms with van der Waals surface area (Å²) in [5, 5.41) is 4.64. The molecule has 0 bridgehead atoms. The van der Waals surface area contributed by atoms with Crippen LogP contribution in [0, 0.1) is 0 Å².